The topological polar surface area (TPSA) is 88.1 Å². The highest BCUT2D eigenvalue weighted by Crippen LogP contribution is 2.31. The van der Waals surface area contributed by atoms with E-state index in [0.29, 0.717) is 5.75 Å². The van der Waals surface area contributed by atoms with Crippen LogP contribution >= 0.6 is 34.4 Å². The van der Waals surface area contributed by atoms with Gasteiger partial charge in [0.15, 0.2) is 18.3 Å². The van der Waals surface area contributed by atoms with Crippen molar-refractivity contribution in [1.29, 1.82) is 0 Å². The lowest BCUT2D eigenvalue weighted by atomic mass is 10.1. The number of thioether (sulfide) groups is 1. The van der Waals surface area contributed by atoms with Crippen LogP contribution < -0.4 is 0 Å². The Morgan fingerprint density at radius 1 is 1.04 bits per heavy atom. The first kappa shape index (κ1) is 23.0. The molecule has 0 spiro atoms. The Labute approximate surface area is 181 Å². The van der Waals surface area contributed by atoms with Crippen molar-refractivity contribution in [3.05, 3.63) is 33.4 Å². The third-order valence-electron chi connectivity index (χ3n) is 3.92. The maximum absolute atomic E-state index is 11.6. The second-order valence-corrected chi connectivity index (χ2v) is 8.58. The normalized spacial score (nSPS) is 24.3. The first-order valence-corrected chi connectivity index (χ1v) is 10.9. The van der Waals surface area contributed by atoms with Gasteiger partial charge in [-0.2, -0.15) is 0 Å². The number of carbonyl (C=O) groups is 3. The third-order valence-corrected chi connectivity index (χ3v) is 6.14. The van der Waals surface area contributed by atoms with E-state index in [-0.39, 0.29) is 6.61 Å². The van der Waals surface area contributed by atoms with Crippen LogP contribution in [0.1, 0.15) is 26.3 Å². The Balaban J connectivity index is 2.10. The van der Waals surface area contributed by atoms with Crippen molar-refractivity contribution in [3.8, 4) is 0 Å². The number of carbonyl (C=O) groups excluding carboxylic acids is 3. The molecule has 2 rings (SSSR count). The number of hydrogen-bond donors (Lipinski definition) is 0. The van der Waals surface area contributed by atoms with Gasteiger partial charge in [-0.15, -0.1) is 11.8 Å². The Hall–Kier alpha value is -1.33. The Morgan fingerprint density at radius 3 is 2.25 bits per heavy atom. The van der Waals surface area contributed by atoms with E-state index in [2.05, 4.69) is 28.7 Å². The molecule has 4 atom stereocenters. The smallest absolute Gasteiger partial charge is 0.303 e. The lowest BCUT2D eigenvalue weighted by molar-refractivity contribution is -0.213. The third kappa shape index (κ3) is 6.93. The Kier molecular flexibility index (Phi) is 9.03. The summed E-state index contributed by atoms with van der Waals surface area (Å²) in [5.41, 5.74) is 0.672. The van der Waals surface area contributed by atoms with Crippen molar-refractivity contribution in [3.63, 3.8) is 0 Å². The molecule has 0 aliphatic carbocycles. The summed E-state index contributed by atoms with van der Waals surface area (Å²) in [6, 6.07) is 8.07. The fourth-order valence-corrected chi connectivity index (χ4v) is 4.64. The van der Waals surface area contributed by atoms with Crippen LogP contribution in [0.4, 0.5) is 0 Å². The maximum atomic E-state index is 11.6. The van der Waals surface area contributed by atoms with Crippen molar-refractivity contribution < 1.29 is 33.3 Å². The highest BCUT2D eigenvalue weighted by molar-refractivity contribution is 14.1. The zero-order valence-electron chi connectivity index (χ0n) is 15.9. The average molecular weight is 522 g/mol. The van der Waals surface area contributed by atoms with Gasteiger partial charge < -0.3 is 18.9 Å². The summed E-state index contributed by atoms with van der Waals surface area (Å²) in [7, 11) is 0. The van der Waals surface area contributed by atoms with Gasteiger partial charge in [-0.25, -0.2) is 0 Å². The summed E-state index contributed by atoms with van der Waals surface area (Å²) in [6.07, 6.45) is -1.83. The van der Waals surface area contributed by atoms with Crippen LogP contribution in [-0.4, -0.2) is 54.0 Å². The number of benzene rings is 1. The molecule has 28 heavy (non-hydrogen) atoms. The number of halogens is 1. The van der Waals surface area contributed by atoms with Gasteiger partial charge in [0.05, 0.1) is 6.61 Å². The molecule has 0 amide bonds. The number of ether oxygens (including phenoxy) is 4. The SMILES string of the molecule is CC(=O)O[C@H]1[C@H](OC(C)=O)C(SCCc2ccccc2I)OC[C@H]1OC(C)=O. The number of hydrogen-bond acceptors (Lipinski definition) is 8. The van der Waals surface area contributed by atoms with Gasteiger partial charge in [0.25, 0.3) is 0 Å². The molecule has 9 heteroatoms. The summed E-state index contributed by atoms with van der Waals surface area (Å²) < 4.78 is 22.9. The summed E-state index contributed by atoms with van der Waals surface area (Å²) in [6.45, 7) is 3.84. The maximum Gasteiger partial charge on any atom is 0.303 e. The molecule has 0 saturated carbocycles. The minimum Gasteiger partial charge on any atom is -0.456 e. The van der Waals surface area contributed by atoms with Crippen LogP contribution in [0.2, 0.25) is 0 Å². The van der Waals surface area contributed by atoms with E-state index < -0.39 is 41.7 Å². The molecule has 1 aliphatic rings. The quantitative estimate of drug-likeness (QED) is 0.307. The van der Waals surface area contributed by atoms with E-state index in [0.717, 1.165) is 6.42 Å². The van der Waals surface area contributed by atoms with Gasteiger partial charge in [0.2, 0.25) is 0 Å². The van der Waals surface area contributed by atoms with Crippen LogP contribution in [0.5, 0.6) is 0 Å². The predicted molar refractivity (Wildman–Crippen MR) is 112 cm³/mol. The van der Waals surface area contributed by atoms with Crippen LogP contribution in [0.3, 0.4) is 0 Å². The molecule has 1 aliphatic heterocycles. The van der Waals surface area contributed by atoms with Crippen LogP contribution in [0, 0.1) is 3.57 Å². The highest BCUT2D eigenvalue weighted by atomic mass is 127. The first-order chi connectivity index (χ1) is 13.3. The van der Waals surface area contributed by atoms with E-state index in [1.807, 2.05) is 18.2 Å². The van der Waals surface area contributed by atoms with Gasteiger partial charge in [-0.1, -0.05) is 18.2 Å². The Morgan fingerprint density at radius 2 is 1.64 bits per heavy atom. The summed E-state index contributed by atoms with van der Waals surface area (Å²) in [4.78, 5) is 34.6. The van der Waals surface area contributed by atoms with Crippen molar-refractivity contribution in [1.82, 2.24) is 0 Å². The fourth-order valence-electron chi connectivity index (χ4n) is 2.84. The van der Waals surface area contributed by atoms with Gasteiger partial charge >= 0.3 is 17.9 Å². The fraction of sp³-hybridized carbons (Fsp3) is 0.526. The first-order valence-electron chi connectivity index (χ1n) is 8.76. The molecule has 0 N–H and O–H groups in total. The van der Waals surface area contributed by atoms with E-state index in [4.69, 9.17) is 18.9 Å². The molecule has 1 aromatic rings. The largest absolute Gasteiger partial charge is 0.456 e. The van der Waals surface area contributed by atoms with Gasteiger partial charge in [0, 0.05) is 30.1 Å². The summed E-state index contributed by atoms with van der Waals surface area (Å²) >= 11 is 3.76. The standard InChI is InChI=1S/C19H23IO7S/c1-11(21)25-16-10-24-19(18(27-13(3)23)17(16)26-12(2)22)28-9-8-14-6-4-5-7-15(14)20/h4-7,16-19H,8-10H2,1-3H3/t16-,17-,18+,19?/m1/s1. The molecule has 7 nitrogen and oxygen atoms in total. The van der Waals surface area contributed by atoms with Crippen LogP contribution in [0.25, 0.3) is 0 Å². The van der Waals surface area contributed by atoms with Crippen molar-refractivity contribution in [2.45, 2.75) is 50.9 Å². The van der Waals surface area contributed by atoms with Crippen molar-refractivity contribution in [2.75, 3.05) is 12.4 Å². The molecule has 1 unspecified atom stereocenters. The molecule has 0 aromatic heterocycles. The predicted octanol–water partition coefficient (Wildman–Crippen LogP) is 2.72. The molecule has 154 valence electrons. The summed E-state index contributed by atoms with van der Waals surface area (Å²) in [5.74, 6) is -0.897. The zero-order chi connectivity index (χ0) is 20.7. The van der Waals surface area contributed by atoms with E-state index in [1.165, 1.54) is 41.7 Å². The lowest BCUT2D eigenvalue weighted by Crippen LogP contribution is -2.56. The van der Waals surface area contributed by atoms with E-state index in [1.54, 1.807) is 0 Å². The van der Waals surface area contributed by atoms with Gasteiger partial charge in [-0.05, 0) is 40.6 Å². The molecular weight excluding hydrogens is 499 g/mol. The molecule has 1 aromatic carbocycles. The molecule has 0 bridgehead atoms. The molecule has 1 fully saturated rings. The lowest BCUT2D eigenvalue weighted by Gasteiger charge is -2.40. The zero-order valence-corrected chi connectivity index (χ0v) is 18.9. The van der Waals surface area contributed by atoms with Crippen LogP contribution in [-0.2, 0) is 39.8 Å². The minimum atomic E-state index is -0.923. The number of aryl methyl sites for hydroxylation is 1. The minimum absolute atomic E-state index is 0.0514. The highest BCUT2D eigenvalue weighted by Gasteiger charge is 2.46. The second kappa shape index (κ2) is 11.0. The molecular formula is C19H23IO7S. The average Bonchev–Trinajstić information content (AvgIpc) is 2.60. The Bertz CT molecular complexity index is 711. The van der Waals surface area contributed by atoms with E-state index in [9.17, 15) is 14.4 Å². The molecule has 1 saturated heterocycles. The van der Waals surface area contributed by atoms with Gasteiger partial charge in [0.1, 0.15) is 5.44 Å². The molecule has 0 radical (unpaired) electrons. The van der Waals surface area contributed by atoms with Crippen molar-refractivity contribution in [2.24, 2.45) is 0 Å². The van der Waals surface area contributed by atoms with E-state index >= 15 is 0 Å². The van der Waals surface area contributed by atoms with Gasteiger partial charge in [-0.3, -0.25) is 14.4 Å². The monoisotopic (exact) mass is 522 g/mol. The molecule has 1 heterocycles. The van der Waals surface area contributed by atoms with Crippen LogP contribution in [0.15, 0.2) is 24.3 Å². The van der Waals surface area contributed by atoms with Crippen molar-refractivity contribution >= 4 is 52.3 Å². The number of rotatable bonds is 7. The second-order valence-electron chi connectivity index (χ2n) is 6.21. The number of esters is 3. The summed E-state index contributed by atoms with van der Waals surface area (Å²) in [5, 5.41) is 0.